The summed E-state index contributed by atoms with van der Waals surface area (Å²) in [7, 11) is 5.79. The van der Waals surface area contributed by atoms with E-state index in [-0.39, 0.29) is 30.7 Å². The number of methoxy groups -OCH3 is 3. The minimum absolute atomic E-state index is 0.0746. The van der Waals surface area contributed by atoms with Crippen LogP contribution in [0.2, 0.25) is 0 Å². The molecule has 11 unspecified atom stereocenters. The smallest absolute Gasteiger partial charge is 0.187 e. The van der Waals surface area contributed by atoms with Crippen LogP contribution in [0.15, 0.2) is 0 Å². The second-order valence-corrected chi connectivity index (χ2v) is 11.9. The highest BCUT2D eigenvalue weighted by molar-refractivity contribution is 4.98. The van der Waals surface area contributed by atoms with Gasteiger partial charge in [-0.1, -0.05) is 20.8 Å². The van der Waals surface area contributed by atoms with Crippen LogP contribution in [0.3, 0.4) is 0 Å². The highest BCUT2D eigenvalue weighted by Gasteiger charge is 2.54. The number of hydrogen-bond donors (Lipinski definition) is 3. The van der Waals surface area contributed by atoms with Crippen LogP contribution >= 0.6 is 0 Å². The lowest BCUT2D eigenvalue weighted by molar-refractivity contribution is -0.371. The number of hydrogen-bond acceptors (Lipinski definition) is 11. The fourth-order valence-electron chi connectivity index (χ4n) is 5.20. The van der Waals surface area contributed by atoms with Crippen molar-refractivity contribution < 1.29 is 53.2 Å². The van der Waals surface area contributed by atoms with Gasteiger partial charge >= 0.3 is 0 Å². The van der Waals surface area contributed by atoms with Crippen LogP contribution in [0.5, 0.6) is 0 Å². The van der Waals surface area contributed by atoms with Gasteiger partial charge in [0.25, 0.3) is 0 Å². The Hall–Kier alpha value is -0.440. The molecule has 2 fully saturated rings. The lowest BCUT2D eigenvalue weighted by atomic mass is 9.71. The molecule has 0 amide bonds. The average molecular weight is 555 g/mol. The van der Waals surface area contributed by atoms with E-state index in [9.17, 15) is 10.2 Å². The summed E-state index contributed by atoms with van der Waals surface area (Å²) in [6.45, 7) is 15.5. The fraction of sp³-hybridized carbons (Fsp3) is 1.00. The molecule has 11 atom stereocenters. The summed E-state index contributed by atoms with van der Waals surface area (Å²) < 4.78 is 48.8. The van der Waals surface area contributed by atoms with Gasteiger partial charge in [-0.2, -0.15) is 0 Å². The monoisotopic (exact) mass is 554 g/mol. The Morgan fingerprint density at radius 1 is 0.789 bits per heavy atom. The van der Waals surface area contributed by atoms with E-state index in [0.717, 1.165) is 7.11 Å². The molecule has 0 bridgehead atoms. The molecule has 0 spiro atoms. The van der Waals surface area contributed by atoms with E-state index < -0.39 is 60.9 Å². The Kier molecular flexibility index (Phi) is 14.5. The van der Waals surface area contributed by atoms with Crippen molar-refractivity contribution in [1.82, 2.24) is 0 Å². The molecule has 2 rings (SSSR count). The highest BCUT2D eigenvalue weighted by Crippen LogP contribution is 2.42. The third-order valence-electron chi connectivity index (χ3n) is 6.67. The number of rotatable bonds is 10. The molecule has 0 radical (unpaired) electrons. The van der Waals surface area contributed by atoms with Crippen molar-refractivity contribution in [2.24, 2.45) is 11.3 Å². The molecule has 0 aromatic heterocycles. The minimum atomic E-state index is -0.859. The van der Waals surface area contributed by atoms with Crippen molar-refractivity contribution in [2.75, 3.05) is 41.7 Å². The van der Waals surface area contributed by atoms with Gasteiger partial charge in [0.15, 0.2) is 12.6 Å². The van der Waals surface area contributed by atoms with Gasteiger partial charge in [0.05, 0.1) is 43.2 Å². The van der Waals surface area contributed by atoms with Crippen LogP contribution in [0.4, 0.5) is 0 Å². The lowest BCUT2D eigenvalue weighted by Gasteiger charge is -2.52. The van der Waals surface area contributed by atoms with E-state index in [1.807, 2.05) is 27.7 Å². The molecule has 11 heteroatoms. The Morgan fingerprint density at radius 2 is 1.34 bits per heavy atom. The van der Waals surface area contributed by atoms with Gasteiger partial charge in [-0.25, -0.2) is 0 Å². The summed E-state index contributed by atoms with van der Waals surface area (Å²) in [6, 6.07) is 0. The lowest BCUT2D eigenvalue weighted by Crippen LogP contribution is -2.65. The Balaban J connectivity index is 0.00000352. The van der Waals surface area contributed by atoms with Gasteiger partial charge in [-0.15, -0.1) is 0 Å². The molecule has 228 valence electrons. The first-order valence-electron chi connectivity index (χ1n) is 13.3. The van der Waals surface area contributed by atoms with Crippen LogP contribution in [0, 0.1) is 11.3 Å². The Morgan fingerprint density at radius 3 is 1.76 bits per heavy atom. The molecular weight excluding hydrogens is 500 g/mol. The van der Waals surface area contributed by atoms with Crippen molar-refractivity contribution in [3.63, 3.8) is 0 Å². The van der Waals surface area contributed by atoms with Crippen molar-refractivity contribution in [3.05, 3.63) is 0 Å². The predicted molar refractivity (Wildman–Crippen MR) is 141 cm³/mol. The zero-order chi connectivity index (χ0) is 29.4. The van der Waals surface area contributed by atoms with Gasteiger partial charge < -0.3 is 53.2 Å². The molecule has 2 heterocycles. The average Bonchev–Trinajstić information content (AvgIpc) is 2.82. The van der Waals surface area contributed by atoms with E-state index in [1.165, 1.54) is 0 Å². The summed E-state index contributed by atoms with van der Waals surface area (Å²) >= 11 is 0. The second-order valence-electron chi connectivity index (χ2n) is 11.9. The quantitative estimate of drug-likeness (QED) is 0.364. The summed E-state index contributed by atoms with van der Waals surface area (Å²) in [5.41, 5.74) is -0.720. The molecule has 0 saturated carbocycles. The van der Waals surface area contributed by atoms with Gasteiger partial charge in [0.2, 0.25) is 0 Å². The van der Waals surface area contributed by atoms with Crippen LogP contribution < -0.4 is 0 Å². The zero-order valence-electron chi connectivity index (χ0n) is 25.4. The summed E-state index contributed by atoms with van der Waals surface area (Å²) in [4.78, 5) is 0. The molecule has 11 nitrogen and oxygen atoms in total. The van der Waals surface area contributed by atoms with Crippen LogP contribution in [0.25, 0.3) is 0 Å². The molecule has 38 heavy (non-hydrogen) atoms. The second kappa shape index (κ2) is 15.5. The molecule has 2 saturated heterocycles. The molecular formula is C27H54O11. The van der Waals surface area contributed by atoms with Crippen molar-refractivity contribution in [2.45, 2.75) is 122 Å². The first kappa shape index (κ1) is 35.6. The van der Waals surface area contributed by atoms with Gasteiger partial charge in [0, 0.05) is 34.4 Å². The molecule has 2 aliphatic heterocycles. The molecule has 0 aliphatic carbocycles. The highest BCUT2D eigenvalue weighted by atomic mass is 16.8. The molecule has 0 aromatic rings. The SMILES string of the molecule is CO.COC1C(OC2C(C)OC(OC(C)(C)C)C(OCC(C)O)C2OC)OC(CO)C(C(C)(C)C)C1OC. The first-order valence-corrected chi connectivity index (χ1v) is 13.3. The molecule has 0 aromatic carbocycles. The van der Waals surface area contributed by atoms with E-state index >= 15 is 0 Å². The van der Waals surface area contributed by atoms with Gasteiger partial charge in [0.1, 0.15) is 24.4 Å². The maximum Gasteiger partial charge on any atom is 0.187 e. The maximum absolute atomic E-state index is 10.2. The molecule has 3 N–H and O–H groups in total. The largest absolute Gasteiger partial charge is 0.400 e. The van der Waals surface area contributed by atoms with Crippen LogP contribution in [-0.4, -0.2) is 124 Å². The fourth-order valence-corrected chi connectivity index (χ4v) is 5.20. The van der Waals surface area contributed by atoms with E-state index in [4.69, 9.17) is 43.0 Å². The predicted octanol–water partition coefficient (Wildman–Crippen LogP) is 1.73. The third kappa shape index (κ3) is 9.31. The topological polar surface area (TPSA) is 135 Å². The first-order chi connectivity index (χ1) is 17.7. The zero-order valence-corrected chi connectivity index (χ0v) is 25.4. The normalized spacial score (nSPS) is 37.3. The van der Waals surface area contributed by atoms with Crippen LogP contribution in [0.1, 0.15) is 55.4 Å². The van der Waals surface area contributed by atoms with E-state index in [1.54, 1.807) is 28.3 Å². The van der Waals surface area contributed by atoms with Crippen molar-refractivity contribution in [3.8, 4) is 0 Å². The van der Waals surface area contributed by atoms with Gasteiger partial charge in [-0.05, 0) is 40.0 Å². The standard InChI is InChI=1S/C26H50O10.CH4O/c1-14(28)13-32-22-20(30-10)18(15(2)33-24(22)36-26(6,7)8)35-23-21(31-11)19(29-9)17(25(3,4)5)16(12-27)34-23;1-2/h14-24,27-28H,12-13H2,1-11H3;2H,1H3. The maximum atomic E-state index is 10.2. The van der Waals surface area contributed by atoms with Crippen LogP contribution in [-0.2, 0) is 37.9 Å². The van der Waals surface area contributed by atoms with Crippen molar-refractivity contribution in [1.29, 1.82) is 0 Å². The summed E-state index contributed by atoms with van der Waals surface area (Å²) in [6.07, 6.45) is -6.11. The summed E-state index contributed by atoms with van der Waals surface area (Å²) in [5, 5.41) is 27.0. The van der Waals surface area contributed by atoms with Gasteiger partial charge in [-0.3, -0.25) is 0 Å². The van der Waals surface area contributed by atoms with E-state index in [0.29, 0.717) is 0 Å². The molecule has 2 aliphatic rings. The van der Waals surface area contributed by atoms with E-state index in [2.05, 4.69) is 20.8 Å². The Bertz CT molecular complexity index is 648. The minimum Gasteiger partial charge on any atom is -0.400 e. The number of aliphatic hydroxyl groups excluding tert-OH is 3. The third-order valence-corrected chi connectivity index (χ3v) is 6.67. The number of aliphatic hydroxyl groups is 3. The Labute approximate surface area is 229 Å². The summed E-state index contributed by atoms with van der Waals surface area (Å²) in [5.74, 6) is -0.137. The van der Waals surface area contributed by atoms with Crippen molar-refractivity contribution >= 4 is 0 Å². The number of ether oxygens (including phenoxy) is 8.